The van der Waals surface area contributed by atoms with Crippen molar-refractivity contribution in [3.05, 3.63) is 0 Å². The van der Waals surface area contributed by atoms with E-state index < -0.39 is 0 Å². The van der Waals surface area contributed by atoms with Crippen LogP contribution in [0.4, 0.5) is 0 Å². The maximum Gasteiger partial charge on any atom is 0.0231 e. The molecule has 9 heavy (non-hydrogen) atoms. The Kier molecular flexibility index (Phi) is 4.67. The molecule has 0 heterocycles. The topological polar surface area (TPSA) is 15.7 Å². The smallest absolute Gasteiger partial charge is 0.0231 e. The van der Waals surface area contributed by atoms with Crippen molar-refractivity contribution in [2.24, 2.45) is 0 Å². The highest BCUT2D eigenvalue weighted by Crippen LogP contribution is 1.89. The third-order valence-electron chi connectivity index (χ3n) is 0.984. The van der Waals surface area contributed by atoms with E-state index in [4.69, 9.17) is 4.94 Å². The van der Waals surface area contributed by atoms with Gasteiger partial charge in [-0.15, -0.1) is 0 Å². The van der Waals surface area contributed by atoms with Crippen molar-refractivity contribution in [1.29, 1.82) is 0 Å². The molecular weight excluding hydrogens is 116 g/mol. The highest BCUT2D eigenvalue weighted by molar-refractivity contribution is 4.30. The van der Waals surface area contributed by atoms with Crippen molar-refractivity contribution in [3.8, 4) is 0 Å². The molecule has 0 fully saturated rings. The first kappa shape index (κ1) is 8.88. The molecule has 3 heteroatoms. The summed E-state index contributed by atoms with van der Waals surface area (Å²) in [6, 6.07) is 0. The molecule has 0 aromatic carbocycles. The van der Waals surface area contributed by atoms with Crippen LogP contribution in [0.5, 0.6) is 0 Å². The molecule has 0 amide bonds. The third kappa shape index (κ3) is 4.39. The molecule has 0 N–H and O–H groups in total. The zero-order chi connectivity index (χ0) is 7.28. The zero-order valence-electron chi connectivity index (χ0n) is 6.72. The normalized spacial score (nSPS) is 11.3. The van der Waals surface area contributed by atoms with Gasteiger partial charge in [0, 0.05) is 27.2 Å². The second kappa shape index (κ2) is 4.73. The van der Waals surface area contributed by atoms with Gasteiger partial charge < -0.3 is 0 Å². The predicted octanol–water partition coefficient (Wildman–Crippen LogP) is 0.736. The highest BCUT2D eigenvalue weighted by atomic mass is 16.8. The first-order valence-electron chi connectivity index (χ1n) is 3.31. The lowest BCUT2D eigenvalue weighted by molar-refractivity contribution is -0.301. The van der Waals surface area contributed by atoms with Crippen LogP contribution >= 0.6 is 0 Å². The number of rotatable bonds is 4. The van der Waals surface area contributed by atoms with Crippen LogP contribution in [0.2, 0.25) is 0 Å². The molecule has 0 aromatic heterocycles. The lowest BCUT2D eigenvalue weighted by atomic mass is 10.6. The molecule has 0 saturated carbocycles. The summed E-state index contributed by atoms with van der Waals surface area (Å²) in [6.07, 6.45) is 0. The van der Waals surface area contributed by atoms with E-state index in [1.165, 1.54) is 0 Å². The standard InChI is InChI=1S/C6H16N2O/c1-5-8(6-2)9-7(3)4/h5-6H2,1-4H3. The summed E-state index contributed by atoms with van der Waals surface area (Å²) in [5.74, 6) is 0. The summed E-state index contributed by atoms with van der Waals surface area (Å²) in [7, 11) is 3.75. The van der Waals surface area contributed by atoms with E-state index in [-0.39, 0.29) is 0 Å². The molecule has 0 bridgehead atoms. The number of hydrogen-bond acceptors (Lipinski definition) is 3. The summed E-state index contributed by atoms with van der Waals surface area (Å²) in [4.78, 5) is 5.22. The summed E-state index contributed by atoms with van der Waals surface area (Å²) in [5.41, 5.74) is 0. The van der Waals surface area contributed by atoms with E-state index in [1.807, 2.05) is 19.2 Å². The molecular formula is C6H16N2O. The minimum absolute atomic E-state index is 0.925. The van der Waals surface area contributed by atoms with Crippen molar-refractivity contribution < 1.29 is 4.94 Å². The van der Waals surface area contributed by atoms with E-state index in [9.17, 15) is 0 Å². The summed E-state index contributed by atoms with van der Waals surface area (Å²) in [6.45, 7) is 5.98. The number of nitrogens with zero attached hydrogens (tertiary/aromatic N) is 2. The lowest BCUT2D eigenvalue weighted by Gasteiger charge is -2.20. The van der Waals surface area contributed by atoms with Crippen LogP contribution in [0, 0.1) is 0 Å². The summed E-state index contributed by atoms with van der Waals surface area (Å²) >= 11 is 0. The zero-order valence-corrected chi connectivity index (χ0v) is 6.72. The predicted molar refractivity (Wildman–Crippen MR) is 37.7 cm³/mol. The molecule has 0 aliphatic heterocycles. The van der Waals surface area contributed by atoms with Crippen molar-refractivity contribution in [1.82, 2.24) is 10.1 Å². The minimum Gasteiger partial charge on any atom is -0.209 e. The van der Waals surface area contributed by atoms with Gasteiger partial charge in [0.05, 0.1) is 0 Å². The molecule has 3 nitrogen and oxygen atoms in total. The van der Waals surface area contributed by atoms with Gasteiger partial charge in [0.2, 0.25) is 0 Å². The molecule has 0 unspecified atom stereocenters. The lowest BCUT2D eigenvalue weighted by Crippen LogP contribution is -2.30. The van der Waals surface area contributed by atoms with E-state index in [0.29, 0.717) is 0 Å². The maximum absolute atomic E-state index is 5.22. The highest BCUT2D eigenvalue weighted by Gasteiger charge is 1.98. The second-order valence-electron chi connectivity index (χ2n) is 2.01. The fraction of sp³-hybridized carbons (Fsp3) is 1.00. The average molecular weight is 132 g/mol. The molecule has 0 aliphatic rings. The van der Waals surface area contributed by atoms with E-state index >= 15 is 0 Å². The van der Waals surface area contributed by atoms with Gasteiger partial charge in [-0.1, -0.05) is 13.8 Å². The largest absolute Gasteiger partial charge is 0.209 e. The van der Waals surface area contributed by atoms with Crippen LogP contribution in [0.3, 0.4) is 0 Å². The Morgan fingerprint density at radius 1 is 1.11 bits per heavy atom. The van der Waals surface area contributed by atoms with Crippen molar-refractivity contribution in [3.63, 3.8) is 0 Å². The fourth-order valence-electron chi connectivity index (χ4n) is 0.570. The van der Waals surface area contributed by atoms with Gasteiger partial charge >= 0.3 is 0 Å². The number of hydroxylamine groups is 4. The van der Waals surface area contributed by atoms with Gasteiger partial charge in [0.25, 0.3) is 0 Å². The summed E-state index contributed by atoms with van der Waals surface area (Å²) < 4.78 is 0. The fourth-order valence-corrected chi connectivity index (χ4v) is 0.570. The van der Waals surface area contributed by atoms with E-state index in [2.05, 4.69) is 13.8 Å². The second-order valence-corrected chi connectivity index (χ2v) is 2.01. The van der Waals surface area contributed by atoms with Crippen LogP contribution in [-0.4, -0.2) is 37.3 Å². The van der Waals surface area contributed by atoms with Crippen LogP contribution in [0.25, 0.3) is 0 Å². The maximum atomic E-state index is 5.22. The van der Waals surface area contributed by atoms with Crippen LogP contribution in [0.15, 0.2) is 0 Å². The quantitative estimate of drug-likeness (QED) is 0.525. The monoisotopic (exact) mass is 132 g/mol. The number of hydrogen-bond donors (Lipinski definition) is 0. The van der Waals surface area contributed by atoms with E-state index in [1.54, 1.807) is 5.06 Å². The third-order valence-corrected chi connectivity index (χ3v) is 0.984. The Bertz CT molecular complexity index is 62.1. The van der Waals surface area contributed by atoms with Gasteiger partial charge in [-0.25, -0.2) is 4.94 Å². The van der Waals surface area contributed by atoms with Crippen LogP contribution in [-0.2, 0) is 4.94 Å². The van der Waals surface area contributed by atoms with Gasteiger partial charge in [0.15, 0.2) is 0 Å². The SMILES string of the molecule is CCN(CC)ON(C)C. The Hall–Kier alpha value is -0.120. The van der Waals surface area contributed by atoms with Crippen molar-refractivity contribution in [2.75, 3.05) is 27.2 Å². The van der Waals surface area contributed by atoms with Crippen LogP contribution in [0.1, 0.15) is 13.8 Å². The molecule has 0 rings (SSSR count). The molecule has 0 aromatic rings. The van der Waals surface area contributed by atoms with Crippen LogP contribution < -0.4 is 0 Å². The molecule has 0 aliphatic carbocycles. The Morgan fingerprint density at radius 3 is 1.67 bits per heavy atom. The molecule has 0 radical (unpaired) electrons. The summed E-state index contributed by atoms with van der Waals surface area (Å²) in [5, 5.41) is 3.56. The Morgan fingerprint density at radius 2 is 1.56 bits per heavy atom. The first-order valence-corrected chi connectivity index (χ1v) is 3.31. The minimum atomic E-state index is 0.925. The van der Waals surface area contributed by atoms with Crippen molar-refractivity contribution >= 4 is 0 Å². The van der Waals surface area contributed by atoms with Crippen molar-refractivity contribution in [2.45, 2.75) is 13.8 Å². The first-order chi connectivity index (χ1) is 4.20. The molecule has 0 spiro atoms. The Balaban J connectivity index is 3.31. The molecule has 0 saturated heterocycles. The molecule has 0 atom stereocenters. The Labute approximate surface area is 57.1 Å². The molecule has 56 valence electrons. The van der Waals surface area contributed by atoms with Gasteiger partial charge in [-0.05, 0) is 0 Å². The van der Waals surface area contributed by atoms with Gasteiger partial charge in [0.1, 0.15) is 0 Å². The van der Waals surface area contributed by atoms with Gasteiger partial charge in [-0.3, -0.25) is 0 Å². The average Bonchev–Trinajstić information content (AvgIpc) is 1.82. The van der Waals surface area contributed by atoms with E-state index in [0.717, 1.165) is 13.1 Å². The van der Waals surface area contributed by atoms with Gasteiger partial charge in [-0.2, -0.15) is 10.1 Å².